The van der Waals surface area contributed by atoms with Gasteiger partial charge in [0.2, 0.25) is 0 Å². The molecule has 0 aliphatic carbocycles. The predicted octanol–water partition coefficient (Wildman–Crippen LogP) is 4.51. The molecule has 1 N–H and O–H groups in total. The second kappa shape index (κ2) is 8.24. The van der Waals surface area contributed by atoms with Crippen LogP contribution in [-0.2, 0) is 9.53 Å². The maximum atomic E-state index is 12.0. The Labute approximate surface area is 148 Å². The van der Waals surface area contributed by atoms with E-state index in [1.807, 2.05) is 6.26 Å². The number of hydrogen-bond acceptors (Lipinski definition) is 4. The Kier molecular flexibility index (Phi) is 6.33. The number of halogens is 2. The van der Waals surface area contributed by atoms with E-state index in [9.17, 15) is 9.59 Å². The molecule has 0 saturated heterocycles. The van der Waals surface area contributed by atoms with Crippen molar-refractivity contribution in [2.75, 3.05) is 18.2 Å². The van der Waals surface area contributed by atoms with Gasteiger partial charge in [0, 0.05) is 15.6 Å². The van der Waals surface area contributed by atoms with E-state index in [4.69, 9.17) is 27.9 Å². The monoisotopic (exact) mass is 369 g/mol. The molecule has 0 aliphatic heterocycles. The van der Waals surface area contributed by atoms with Crippen molar-refractivity contribution in [2.24, 2.45) is 0 Å². The highest BCUT2D eigenvalue weighted by Crippen LogP contribution is 2.23. The van der Waals surface area contributed by atoms with Crippen LogP contribution in [0.15, 0.2) is 47.4 Å². The minimum atomic E-state index is -0.646. The third-order valence-corrected chi connectivity index (χ3v) is 4.13. The van der Waals surface area contributed by atoms with E-state index in [0.717, 1.165) is 4.90 Å². The Morgan fingerprint density at radius 3 is 2.65 bits per heavy atom. The van der Waals surface area contributed by atoms with Crippen molar-refractivity contribution in [1.29, 1.82) is 0 Å². The van der Waals surface area contributed by atoms with E-state index < -0.39 is 18.5 Å². The van der Waals surface area contributed by atoms with E-state index in [1.54, 1.807) is 42.5 Å². The number of amides is 1. The number of carbonyl (C=O) groups excluding carboxylic acids is 2. The van der Waals surface area contributed by atoms with Crippen LogP contribution in [0.2, 0.25) is 10.0 Å². The second-order valence-electron chi connectivity index (χ2n) is 4.48. The summed E-state index contributed by atoms with van der Waals surface area (Å²) in [7, 11) is 0. The lowest BCUT2D eigenvalue weighted by atomic mass is 10.2. The van der Waals surface area contributed by atoms with Crippen molar-refractivity contribution in [1.82, 2.24) is 0 Å². The van der Waals surface area contributed by atoms with Crippen molar-refractivity contribution in [3.8, 4) is 0 Å². The van der Waals surface area contributed by atoms with Gasteiger partial charge >= 0.3 is 5.97 Å². The summed E-state index contributed by atoms with van der Waals surface area (Å²) in [6.07, 6.45) is 1.89. The fraction of sp³-hybridized carbons (Fsp3) is 0.125. The van der Waals surface area contributed by atoms with Crippen LogP contribution < -0.4 is 5.32 Å². The Hall–Kier alpha value is -1.69. The number of anilines is 1. The molecular weight excluding hydrogens is 357 g/mol. The first-order valence-corrected chi connectivity index (χ1v) is 8.54. The number of carbonyl (C=O) groups is 2. The van der Waals surface area contributed by atoms with E-state index in [0.29, 0.717) is 10.7 Å². The first-order valence-electron chi connectivity index (χ1n) is 6.55. The Morgan fingerprint density at radius 2 is 1.96 bits per heavy atom. The molecule has 0 saturated carbocycles. The summed E-state index contributed by atoms with van der Waals surface area (Å²) in [4.78, 5) is 24.7. The molecule has 0 bridgehead atoms. The molecular formula is C16H13Cl2NO3S. The van der Waals surface area contributed by atoms with Gasteiger partial charge in [0.15, 0.2) is 6.61 Å². The van der Waals surface area contributed by atoms with Gasteiger partial charge in [-0.2, -0.15) is 0 Å². The summed E-state index contributed by atoms with van der Waals surface area (Å²) in [6, 6.07) is 11.7. The molecule has 4 nitrogen and oxygen atoms in total. The number of hydrogen-bond donors (Lipinski definition) is 1. The number of ether oxygens (including phenoxy) is 1. The average molecular weight is 370 g/mol. The molecule has 23 heavy (non-hydrogen) atoms. The lowest BCUT2D eigenvalue weighted by Gasteiger charge is -2.08. The third-order valence-electron chi connectivity index (χ3n) is 2.84. The van der Waals surface area contributed by atoms with Crippen LogP contribution >= 0.6 is 35.0 Å². The fourth-order valence-corrected chi connectivity index (χ4v) is 2.58. The topological polar surface area (TPSA) is 55.4 Å². The summed E-state index contributed by atoms with van der Waals surface area (Å²) in [5, 5.41) is 3.37. The molecule has 2 aromatic carbocycles. The summed E-state index contributed by atoms with van der Waals surface area (Å²) >= 11 is 13.3. The van der Waals surface area contributed by atoms with Crippen LogP contribution in [0.1, 0.15) is 10.4 Å². The van der Waals surface area contributed by atoms with E-state index >= 15 is 0 Å². The molecule has 0 heterocycles. The zero-order chi connectivity index (χ0) is 16.8. The van der Waals surface area contributed by atoms with Gasteiger partial charge in [-0.25, -0.2) is 4.79 Å². The largest absolute Gasteiger partial charge is 0.452 e. The van der Waals surface area contributed by atoms with Crippen LogP contribution in [0.4, 0.5) is 5.69 Å². The van der Waals surface area contributed by atoms with Gasteiger partial charge in [-0.1, -0.05) is 29.3 Å². The van der Waals surface area contributed by atoms with Gasteiger partial charge in [-0.15, -0.1) is 11.8 Å². The van der Waals surface area contributed by atoms with Crippen LogP contribution in [0.3, 0.4) is 0 Å². The zero-order valence-corrected chi connectivity index (χ0v) is 14.5. The second-order valence-corrected chi connectivity index (χ2v) is 6.20. The number of benzene rings is 2. The SMILES string of the molecule is CSc1ccc(Cl)c(C(=O)OCC(=O)Nc2cccc(Cl)c2)c1. The van der Waals surface area contributed by atoms with E-state index in [-0.39, 0.29) is 10.6 Å². The normalized spacial score (nSPS) is 10.2. The van der Waals surface area contributed by atoms with Gasteiger partial charge in [0.05, 0.1) is 10.6 Å². The zero-order valence-electron chi connectivity index (χ0n) is 12.1. The van der Waals surface area contributed by atoms with Crippen molar-refractivity contribution in [3.63, 3.8) is 0 Å². The molecule has 0 spiro atoms. The van der Waals surface area contributed by atoms with Crippen LogP contribution in [0, 0.1) is 0 Å². The average Bonchev–Trinajstić information content (AvgIpc) is 2.53. The van der Waals surface area contributed by atoms with Crippen molar-refractivity contribution >= 4 is 52.5 Å². The number of thioether (sulfide) groups is 1. The van der Waals surface area contributed by atoms with Gasteiger partial charge in [-0.3, -0.25) is 4.79 Å². The molecule has 0 aromatic heterocycles. The molecule has 120 valence electrons. The smallest absolute Gasteiger partial charge is 0.340 e. The Balaban J connectivity index is 1.95. The third kappa shape index (κ3) is 5.16. The lowest BCUT2D eigenvalue weighted by Crippen LogP contribution is -2.21. The molecule has 2 rings (SSSR count). The first kappa shape index (κ1) is 17.7. The Morgan fingerprint density at radius 1 is 1.17 bits per heavy atom. The van der Waals surface area contributed by atoms with Crippen LogP contribution in [-0.4, -0.2) is 24.7 Å². The molecule has 0 fully saturated rings. The molecule has 0 atom stereocenters. The first-order chi connectivity index (χ1) is 11.0. The summed E-state index contributed by atoms with van der Waals surface area (Å²) < 4.78 is 4.99. The van der Waals surface area contributed by atoms with Crippen LogP contribution in [0.5, 0.6) is 0 Å². The van der Waals surface area contributed by atoms with Crippen LogP contribution in [0.25, 0.3) is 0 Å². The van der Waals surface area contributed by atoms with Gasteiger partial charge < -0.3 is 10.1 Å². The molecule has 0 radical (unpaired) electrons. The minimum absolute atomic E-state index is 0.231. The molecule has 1 amide bonds. The highest BCUT2D eigenvalue weighted by molar-refractivity contribution is 7.98. The highest BCUT2D eigenvalue weighted by Gasteiger charge is 2.14. The van der Waals surface area contributed by atoms with Gasteiger partial charge in [0.1, 0.15) is 0 Å². The minimum Gasteiger partial charge on any atom is -0.452 e. The number of nitrogens with one attached hydrogen (secondary N) is 1. The highest BCUT2D eigenvalue weighted by atomic mass is 35.5. The van der Waals surface area contributed by atoms with Crippen molar-refractivity contribution < 1.29 is 14.3 Å². The standard InChI is InChI=1S/C16H13Cl2NO3S/c1-23-12-5-6-14(18)13(8-12)16(21)22-9-15(20)19-11-4-2-3-10(17)7-11/h2-8H,9H2,1H3,(H,19,20). The Bertz CT molecular complexity index is 737. The van der Waals surface area contributed by atoms with E-state index in [1.165, 1.54) is 11.8 Å². The maximum Gasteiger partial charge on any atom is 0.340 e. The molecule has 0 aliphatic rings. The molecule has 0 unspecified atom stereocenters. The molecule has 2 aromatic rings. The summed E-state index contributed by atoms with van der Waals surface area (Å²) in [5.41, 5.74) is 0.759. The van der Waals surface area contributed by atoms with E-state index in [2.05, 4.69) is 5.32 Å². The summed E-state index contributed by atoms with van der Waals surface area (Å²) in [6.45, 7) is -0.412. The van der Waals surface area contributed by atoms with Gasteiger partial charge in [-0.05, 0) is 42.7 Å². The fourth-order valence-electron chi connectivity index (χ4n) is 1.76. The maximum absolute atomic E-state index is 12.0. The van der Waals surface area contributed by atoms with Crippen molar-refractivity contribution in [3.05, 3.63) is 58.1 Å². The number of rotatable bonds is 5. The quantitative estimate of drug-likeness (QED) is 0.622. The van der Waals surface area contributed by atoms with Crippen molar-refractivity contribution in [2.45, 2.75) is 4.90 Å². The lowest BCUT2D eigenvalue weighted by molar-refractivity contribution is -0.119. The number of esters is 1. The molecule has 7 heteroatoms. The summed E-state index contributed by atoms with van der Waals surface area (Å²) in [5.74, 6) is -1.11. The predicted molar refractivity (Wildman–Crippen MR) is 93.6 cm³/mol. The van der Waals surface area contributed by atoms with Gasteiger partial charge in [0.25, 0.3) is 5.91 Å².